The third-order valence-corrected chi connectivity index (χ3v) is 1.52. The molecule has 0 aliphatic carbocycles. The van der Waals surface area contributed by atoms with Gasteiger partial charge in [0.25, 0.3) is 5.92 Å². The predicted molar refractivity (Wildman–Crippen MR) is 41.5 cm³/mol. The summed E-state index contributed by atoms with van der Waals surface area (Å²) in [5.41, 5.74) is -1.20. The Morgan fingerprint density at radius 2 is 2.55 bits per heavy atom. The molecule has 1 aromatic rings. The molecule has 0 bridgehead atoms. The Labute approximate surface area is 80.0 Å². The predicted octanol–water partition coefficient (Wildman–Crippen LogP) is 2.96. The van der Waals surface area contributed by atoms with Gasteiger partial charge in [-0.2, -0.15) is 0 Å². The second-order valence-corrected chi connectivity index (χ2v) is 2.52. The summed E-state index contributed by atoms with van der Waals surface area (Å²) in [6.07, 6.45) is -1.70. The first-order valence-electron chi connectivity index (χ1n) is 5.51. The number of hydrogen-bond donors (Lipinski definition) is 0. The van der Waals surface area contributed by atoms with E-state index in [1.54, 1.807) is 0 Å². The molecule has 0 aliphatic heterocycles. The number of aromatic nitrogens is 1. The maximum atomic E-state index is 13.6. The first kappa shape index (κ1) is 3.47. The van der Waals surface area contributed by atoms with Gasteiger partial charge in [-0.3, -0.25) is 4.98 Å². The topological polar surface area (TPSA) is 12.9 Å². The summed E-state index contributed by atoms with van der Waals surface area (Å²) in [7, 11) is 0. The van der Waals surface area contributed by atoms with Gasteiger partial charge in [0.05, 0.1) is 9.68 Å². The van der Waals surface area contributed by atoms with Crippen LogP contribution in [0.1, 0.15) is 20.6 Å². The van der Waals surface area contributed by atoms with Crippen LogP contribution in [-0.4, -0.2) is 4.98 Å². The van der Waals surface area contributed by atoms with E-state index in [1.807, 2.05) is 0 Å². The number of pyridine rings is 1. The van der Waals surface area contributed by atoms with E-state index in [2.05, 4.69) is 20.9 Å². The minimum Gasteiger partial charge on any atom is -0.264 e. The lowest BCUT2D eigenvalue weighted by atomic mass is 10.2. The molecule has 0 spiro atoms. The highest BCUT2D eigenvalue weighted by Gasteiger charge is 2.26. The highest BCUT2D eigenvalue weighted by atomic mass is 79.9. The fraction of sp³-hybridized carbons (Fsp3) is 0.286. The Bertz CT molecular complexity index is 461. The first-order valence-corrected chi connectivity index (χ1v) is 3.31. The van der Waals surface area contributed by atoms with Crippen LogP contribution in [0.3, 0.4) is 0 Å². The normalized spacial score (nSPS) is 20.6. The van der Waals surface area contributed by atoms with E-state index in [0.717, 1.165) is 0 Å². The second kappa shape index (κ2) is 2.85. The average Bonchev–Trinajstić information content (AvgIpc) is 2.12. The zero-order valence-electron chi connectivity index (χ0n) is 11.1. The lowest BCUT2D eigenvalue weighted by Gasteiger charge is -2.10. The molecule has 0 aromatic carbocycles. The fourth-order valence-corrected chi connectivity index (χ4v) is 0.907. The highest BCUT2D eigenvalue weighted by Crippen LogP contribution is 2.31. The molecule has 0 aliphatic rings. The third kappa shape index (κ3) is 1.96. The summed E-state index contributed by atoms with van der Waals surface area (Å²) in [6, 6.07) is -0.681. The van der Waals surface area contributed by atoms with Crippen LogP contribution in [0.25, 0.3) is 0 Å². The summed E-state index contributed by atoms with van der Waals surface area (Å²) in [6.45, 7) is -3.65. The van der Waals surface area contributed by atoms with Crippen molar-refractivity contribution in [2.75, 3.05) is 0 Å². The summed E-state index contributed by atoms with van der Waals surface area (Å²) in [5, 5.41) is 0. The standard InChI is InChI=1S/C7H6BrF2N/c1-7(9,10)5-4-11-3-2-6(5)8/h2-4H,1H3/i1D3,2D,3D,4D. The van der Waals surface area contributed by atoms with Gasteiger partial charge in [-0.25, -0.2) is 8.78 Å². The molecule has 1 rings (SSSR count). The summed E-state index contributed by atoms with van der Waals surface area (Å²) < 4.78 is 68.4. The minimum atomic E-state index is -4.31. The summed E-state index contributed by atoms with van der Waals surface area (Å²) >= 11 is 2.61. The molecule has 0 unspecified atom stereocenters. The SMILES string of the molecule is [2H]c1nc([2H])c(C(F)(F)C([2H])([2H])[2H])c(Br)c1[2H]. The van der Waals surface area contributed by atoms with Crippen molar-refractivity contribution < 1.29 is 17.0 Å². The maximum Gasteiger partial charge on any atom is 0.273 e. The molecule has 60 valence electrons. The Morgan fingerprint density at radius 1 is 1.82 bits per heavy atom. The van der Waals surface area contributed by atoms with Crippen LogP contribution >= 0.6 is 15.9 Å². The van der Waals surface area contributed by atoms with E-state index in [-0.39, 0.29) is 0 Å². The fourth-order valence-electron chi connectivity index (χ4n) is 0.481. The zero-order valence-corrected chi connectivity index (χ0v) is 6.67. The monoisotopic (exact) mass is 227 g/mol. The molecular formula is C7H6BrF2N. The molecule has 11 heavy (non-hydrogen) atoms. The molecule has 0 amide bonds. The molecule has 0 saturated heterocycles. The molecule has 0 N–H and O–H groups in total. The lowest BCUT2D eigenvalue weighted by molar-refractivity contribution is 0.0163. The Balaban J connectivity index is 3.58. The van der Waals surface area contributed by atoms with Gasteiger partial charge in [-0.15, -0.1) is 0 Å². The molecular weight excluding hydrogens is 216 g/mol. The molecule has 4 heteroatoms. The summed E-state index contributed by atoms with van der Waals surface area (Å²) in [5.74, 6) is -4.31. The van der Waals surface area contributed by atoms with Crippen molar-refractivity contribution in [2.24, 2.45) is 0 Å². The van der Waals surface area contributed by atoms with Gasteiger partial charge < -0.3 is 0 Å². The van der Waals surface area contributed by atoms with E-state index in [4.69, 9.17) is 8.22 Å². The van der Waals surface area contributed by atoms with Crippen molar-refractivity contribution in [3.8, 4) is 0 Å². The Morgan fingerprint density at radius 3 is 3.18 bits per heavy atom. The number of hydrogen-bond acceptors (Lipinski definition) is 1. The van der Waals surface area contributed by atoms with Crippen molar-refractivity contribution in [3.63, 3.8) is 0 Å². The van der Waals surface area contributed by atoms with Gasteiger partial charge in [0.2, 0.25) is 0 Å². The largest absolute Gasteiger partial charge is 0.273 e. The molecule has 0 saturated carbocycles. The van der Waals surface area contributed by atoms with Crippen molar-refractivity contribution in [1.29, 1.82) is 0 Å². The first-order chi connectivity index (χ1) is 7.50. The minimum absolute atomic E-state index is 0.594. The van der Waals surface area contributed by atoms with Crippen LogP contribution in [0.5, 0.6) is 0 Å². The molecule has 1 heterocycles. The van der Waals surface area contributed by atoms with Gasteiger partial charge in [0, 0.05) is 27.8 Å². The second-order valence-electron chi connectivity index (χ2n) is 1.72. The van der Waals surface area contributed by atoms with Crippen LogP contribution in [0.15, 0.2) is 22.9 Å². The third-order valence-electron chi connectivity index (χ3n) is 0.923. The molecule has 1 aromatic heterocycles. The van der Waals surface area contributed by atoms with E-state index in [1.165, 1.54) is 0 Å². The van der Waals surface area contributed by atoms with E-state index in [0.29, 0.717) is 0 Å². The number of rotatable bonds is 1. The Kier molecular flexibility index (Phi) is 0.900. The van der Waals surface area contributed by atoms with Gasteiger partial charge >= 0.3 is 0 Å². The van der Waals surface area contributed by atoms with Crippen LogP contribution < -0.4 is 0 Å². The number of alkyl halides is 2. The summed E-state index contributed by atoms with van der Waals surface area (Å²) in [4.78, 5) is 3.10. The van der Waals surface area contributed by atoms with Gasteiger partial charge in [0.15, 0.2) is 0 Å². The molecule has 0 fully saturated rings. The quantitative estimate of drug-likeness (QED) is 0.720. The van der Waals surface area contributed by atoms with Gasteiger partial charge in [0.1, 0.15) is 0 Å². The molecule has 1 nitrogen and oxygen atoms in total. The zero-order chi connectivity index (χ0) is 13.6. The van der Waals surface area contributed by atoms with E-state index >= 15 is 0 Å². The van der Waals surface area contributed by atoms with Crippen molar-refractivity contribution in [2.45, 2.75) is 12.8 Å². The van der Waals surface area contributed by atoms with Gasteiger partial charge in [-0.1, -0.05) is 15.9 Å². The number of halogens is 3. The van der Waals surface area contributed by atoms with Crippen LogP contribution in [0.2, 0.25) is 0 Å². The molecule has 0 atom stereocenters. The molecule has 0 radical (unpaired) electrons. The lowest BCUT2D eigenvalue weighted by Crippen LogP contribution is -2.07. The van der Waals surface area contributed by atoms with Crippen LogP contribution in [0.4, 0.5) is 8.78 Å². The van der Waals surface area contributed by atoms with Crippen LogP contribution in [-0.2, 0) is 5.92 Å². The maximum absolute atomic E-state index is 13.6. The van der Waals surface area contributed by atoms with Crippen molar-refractivity contribution in [1.82, 2.24) is 4.98 Å². The van der Waals surface area contributed by atoms with Crippen molar-refractivity contribution in [3.05, 3.63) is 28.4 Å². The van der Waals surface area contributed by atoms with E-state index in [9.17, 15) is 8.78 Å². The number of nitrogens with zero attached hydrogens (tertiary/aromatic N) is 1. The van der Waals surface area contributed by atoms with Gasteiger partial charge in [-0.05, 0) is 6.04 Å². The van der Waals surface area contributed by atoms with Crippen molar-refractivity contribution >= 4 is 15.9 Å². The van der Waals surface area contributed by atoms with Crippen LogP contribution in [0, 0.1) is 0 Å². The average molecular weight is 228 g/mol. The highest BCUT2D eigenvalue weighted by molar-refractivity contribution is 9.10. The van der Waals surface area contributed by atoms with E-state index < -0.39 is 41.2 Å². The smallest absolute Gasteiger partial charge is 0.264 e. The Hall–Kier alpha value is -0.510.